The van der Waals surface area contributed by atoms with E-state index in [4.69, 9.17) is 37.9 Å². The predicted octanol–water partition coefficient (Wildman–Crippen LogP) is 4.20. The average molecular weight is 365 g/mol. The zero-order valence-electron chi connectivity index (χ0n) is 13.0. The molecule has 1 N–H and O–H groups in total. The summed E-state index contributed by atoms with van der Waals surface area (Å²) in [6, 6.07) is 10.0. The normalized spacial score (nSPS) is 9.96. The number of anilines is 1. The van der Waals surface area contributed by atoms with Gasteiger partial charge in [-0.3, -0.25) is 4.79 Å². The van der Waals surface area contributed by atoms with Crippen LogP contribution in [-0.4, -0.2) is 19.6 Å². The van der Waals surface area contributed by atoms with Crippen LogP contribution < -0.4 is 14.8 Å². The minimum Gasteiger partial charge on any atom is -0.493 e. The molecule has 0 atom stereocenters. The lowest BCUT2D eigenvalue weighted by Gasteiger charge is -2.13. The summed E-state index contributed by atoms with van der Waals surface area (Å²) in [5, 5.41) is 12.4. The number of carbonyl (C=O) groups is 1. The molecular weight excluding hydrogens is 351 g/mol. The third kappa shape index (κ3) is 4.31. The van der Waals surface area contributed by atoms with Gasteiger partial charge in [-0.05, 0) is 36.8 Å². The molecule has 0 radical (unpaired) electrons. The van der Waals surface area contributed by atoms with Gasteiger partial charge in [-0.15, -0.1) is 0 Å². The number of hydrogen-bond acceptors (Lipinski definition) is 4. The summed E-state index contributed by atoms with van der Waals surface area (Å²) in [7, 11) is 1.43. The fraction of sp³-hybridized carbons (Fsp3) is 0.176. The van der Waals surface area contributed by atoms with Gasteiger partial charge in [0, 0.05) is 16.8 Å². The van der Waals surface area contributed by atoms with Crippen LogP contribution in [0.15, 0.2) is 30.3 Å². The van der Waals surface area contributed by atoms with E-state index in [1.54, 1.807) is 18.2 Å². The summed E-state index contributed by atoms with van der Waals surface area (Å²) in [4.78, 5) is 12.1. The van der Waals surface area contributed by atoms with Gasteiger partial charge >= 0.3 is 0 Å². The highest BCUT2D eigenvalue weighted by Gasteiger charge is 2.14. The van der Waals surface area contributed by atoms with Crippen molar-refractivity contribution in [2.24, 2.45) is 0 Å². The average Bonchev–Trinajstić information content (AvgIpc) is 2.55. The lowest BCUT2D eigenvalue weighted by molar-refractivity contribution is -0.118. The molecule has 2 aromatic carbocycles. The van der Waals surface area contributed by atoms with E-state index < -0.39 is 0 Å². The number of ether oxygens (including phenoxy) is 2. The third-order valence-corrected chi connectivity index (χ3v) is 3.68. The van der Waals surface area contributed by atoms with E-state index in [0.29, 0.717) is 16.3 Å². The third-order valence-electron chi connectivity index (χ3n) is 3.17. The predicted molar refractivity (Wildman–Crippen MR) is 93.0 cm³/mol. The number of amides is 1. The van der Waals surface area contributed by atoms with Crippen LogP contribution in [0, 0.1) is 18.3 Å². The molecule has 0 saturated carbocycles. The molecule has 0 spiro atoms. The van der Waals surface area contributed by atoms with Crippen LogP contribution in [0.2, 0.25) is 10.0 Å². The second kappa shape index (κ2) is 7.91. The van der Waals surface area contributed by atoms with Gasteiger partial charge in [-0.25, -0.2) is 0 Å². The molecule has 0 heterocycles. The van der Waals surface area contributed by atoms with Gasteiger partial charge in [0.1, 0.15) is 0 Å². The van der Waals surface area contributed by atoms with Crippen LogP contribution in [0.3, 0.4) is 0 Å². The van der Waals surface area contributed by atoms with Crippen LogP contribution in [-0.2, 0) is 4.79 Å². The molecule has 0 bridgehead atoms. The molecule has 124 valence electrons. The minimum atomic E-state index is -0.358. The monoisotopic (exact) mass is 364 g/mol. The van der Waals surface area contributed by atoms with Crippen molar-refractivity contribution in [3.05, 3.63) is 51.5 Å². The first kappa shape index (κ1) is 17.9. The van der Waals surface area contributed by atoms with Gasteiger partial charge in [-0.1, -0.05) is 23.2 Å². The maximum Gasteiger partial charge on any atom is 0.262 e. The van der Waals surface area contributed by atoms with Crippen molar-refractivity contribution < 1.29 is 14.3 Å². The first-order valence-corrected chi connectivity index (χ1v) is 7.66. The quantitative estimate of drug-likeness (QED) is 0.862. The summed E-state index contributed by atoms with van der Waals surface area (Å²) < 4.78 is 10.6. The van der Waals surface area contributed by atoms with Crippen molar-refractivity contribution >= 4 is 34.8 Å². The summed E-state index contributed by atoms with van der Waals surface area (Å²) in [5.74, 6) is 0.138. The van der Waals surface area contributed by atoms with Crippen molar-refractivity contribution in [1.82, 2.24) is 0 Å². The molecule has 24 heavy (non-hydrogen) atoms. The molecule has 0 aliphatic carbocycles. The fourth-order valence-corrected chi connectivity index (χ4v) is 2.51. The van der Waals surface area contributed by atoms with E-state index in [2.05, 4.69) is 5.32 Å². The summed E-state index contributed by atoms with van der Waals surface area (Å²) in [6.45, 7) is 1.58. The molecule has 0 fully saturated rings. The smallest absolute Gasteiger partial charge is 0.262 e. The van der Waals surface area contributed by atoms with Gasteiger partial charge < -0.3 is 14.8 Å². The van der Waals surface area contributed by atoms with Crippen molar-refractivity contribution in [2.75, 3.05) is 19.0 Å². The molecule has 0 aromatic heterocycles. The Labute approximate surface area is 149 Å². The Kier molecular flexibility index (Phi) is 5.91. The molecule has 0 saturated heterocycles. The molecule has 2 rings (SSSR count). The highest BCUT2D eigenvalue weighted by molar-refractivity contribution is 6.32. The Morgan fingerprint density at radius 2 is 2.04 bits per heavy atom. The molecule has 0 aliphatic rings. The molecule has 2 aromatic rings. The van der Waals surface area contributed by atoms with E-state index in [1.807, 2.05) is 13.0 Å². The Hall–Kier alpha value is -2.42. The standard InChI is InChI=1S/C17H14Cl2N2O3/c1-10-5-12(18)3-4-14(10)21-16(22)9-24-17-13(19)6-11(8-20)7-15(17)23-2/h3-7H,9H2,1-2H3,(H,21,22). The SMILES string of the molecule is COc1cc(C#N)cc(Cl)c1OCC(=O)Nc1ccc(Cl)cc1C. The van der Waals surface area contributed by atoms with E-state index in [9.17, 15) is 4.79 Å². The summed E-state index contributed by atoms with van der Waals surface area (Å²) in [5.41, 5.74) is 1.82. The number of hydrogen-bond donors (Lipinski definition) is 1. The van der Waals surface area contributed by atoms with Gasteiger partial charge in [0.15, 0.2) is 18.1 Å². The maximum atomic E-state index is 12.1. The van der Waals surface area contributed by atoms with Crippen LogP contribution in [0.4, 0.5) is 5.69 Å². The Bertz CT molecular complexity index is 816. The van der Waals surface area contributed by atoms with Gasteiger partial charge in [-0.2, -0.15) is 5.26 Å². The van der Waals surface area contributed by atoms with Crippen LogP contribution >= 0.6 is 23.2 Å². The number of carbonyl (C=O) groups excluding carboxylic acids is 1. The van der Waals surface area contributed by atoms with Crippen molar-refractivity contribution in [2.45, 2.75) is 6.92 Å². The molecule has 7 heteroatoms. The Balaban J connectivity index is 2.08. The number of benzene rings is 2. The van der Waals surface area contributed by atoms with Crippen molar-refractivity contribution in [1.29, 1.82) is 5.26 Å². The molecule has 0 unspecified atom stereocenters. The van der Waals surface area contributed by atoms with Crippen molar-refractivity contribution in [3.8, 4) is 17.6 Å². The first-order valence-electron chi connectivity index (χ1n) is 6.91. The topological polar surface area (TPSA) is 71.3 Å². The van der Waals surface area contributed by atoms with Gasteiger partial charge in [0.05, 0.1) is 23.8 Å². The number of methoxy groups -OCH3 is 1. The fourth-order valence-electron chi connectivity index (χ4n) is 2.02. The Morgan fingerprint density at radius 1 is 1.29 bits per heavy atom. The molecular formula is C17H14Cl2N2O3. The van der Waals surface area contributed by atoms with Crippen LogP contribution in [0.5, 0.6) is 11.5 Å². The largest absolute Gasteiger partial charge is 0.493 e. The second-order valence-corrected chi connectivity index (χ2v) is 5.74. The number of aryl methyl sites for hydroxylation is 1. The van der Waals surface area contributed by atoms with Crippen molar-refractivity contribution in [3.63, 3.8) is 0 Å². The minimum absolute atomic E-state index is 0.196. The van der Waals surface area contributed by atoms with Crippen LogP contribution in [0.25, 0.3) is 0 Å². The first-order chi connectivity index (χ1) is 11.4. The highest BCUT2D eigenvalue weighted by atomic mass is 35.5. The molecule has 5 nitrogen and oxygen atoms in total. The summed E-state index contributed by atoms with van der Waals surface area (Å²) in [6.07, 6.45) is 0. The Morgan fingerprint density at radius 3 is 2.67 bits per heavy atom. The summed E-state index contributed by atoms with van der Waals surface area (Å²) >= 11 is 12.0. The number of halogens is 2. The van der Waals surface area contributed by atoms with E-state index in [0.717, 1.165) is 5.56 Å². The van der Waals surface area contributed by atoms with E-state index in [1.165, 1.54) is 19.2 Å². The van der Waals surface area contributed by atoms with E-state index >= 15 is 0 Å². The number of rotatable bonds is 5. The second-order valence-electron chi connectivity index (χ2n) is 4.90. The number of nitrogens with one attached hydrogen (secondary N) is 1. The highest BCUT2D eigenvalue weighted by Crippen LogP contribution is 2.36. The zero-order valence-corrected chi connectivity index (χ0v) is 14.5. The number of nitriles is 1. The lowest BCUT2D eigenvalue weighted by atomic mass is 10.2. The van der Waals surface area contributed by atoms with E-state index in [-0.39, 0.29) is 29.0 Å². The number of nitrogens with zero attached hydrogens (tertiary/aromatic N) is 1. The lowest BCUT2D eigenvalue weighted by Crippen LogP contribution is -2.21. The van der Waals surface area contributed by atoms with Crippen LogP contribution in [0.1, 0.15) is 11.1 Å². The molecule has 1 amide bonds. The van der Waals surface area contributed by atoms with Gasteiger partial charge in [0.2, 0.25) is 0 Å². The molecule has 0 aliphatic heterocycles. The van der Waals surface area contributed by atoms with Gasteiger partial charge in [0.25, 0.3) is 5.91 Å². The maximum absolute atomic E-state index is 12.1. The zero-order chi connectivity index (χ0) is 17.7.